The molecule has 0 aliphatic heterocycles. The van der Waals surface area contributed by atoms with E-state index in [-0.39, 0.29) is 6.54 Å². The van der Waals surface area contributed by atoms with Gasteiger partial charge in [-0.2, -0.15) is 18.3 Å². The number of hydrogen-bond acceptors (Lipinski definition) is 4. The first-order valence-corrected chi connectivity index (χ1v) is 5.79. The van der Waals surface area contributed by atoms with Crippen molar-refractivity contribution in [1.29, 1.82) is 0 Å². The van der Waals surface area contributed by atoms with Crippen molar-refractivity contribution in [3.63, 3.8) is 0 Å². The number of rotatable bonds is 6. The molecule has 0 aliphatic carbocycles. The van der Waals surface area contributed by atoms with Crippen LogP contribution in [0.1, 0.15) is 18.9 Å². The van der Waals surface area contributed by atoms with E-state index in [1.165, 1.54) is 7.11 Å². The van der Waals surface area contributed by atoms with Crippen molar-refractivity contribution >= 4 is 5.97 Å². The summed E-state index contributed by atoms with van der Waals surface area (Å²) in [5, 5.41) is 6.52. The Morgan fingerprint density at radius 1 is 1.58 bits per heavy atom. The lowest BCUT2D eigenvalue weighted by atomic mass is 10.2. The number of alkyl halides is 3. The topological polar surface area (TPSA) is 56.2 Å². The number of nitrogens with one attached hydrogen (secondary N) is 1. The van der Waals surface area contributed by atoms with E-state index in [0.717, 1.165) is 17.1 Å². The number of methoxy groups -OCH3 is 1. The van der Waals surface area contributed by atoms with E-state index in [1.54, 1.807) is 0 Å². The van der Waals surface area contributed by atoms with Crippen LogP contribution in [-0.4, -0.2) is 35.4 Å². The molecule has 0 fully saturated rings. The highest BCUT2D eigenvalue weighted by atomic mass is 19.4. The van der Waals surface area contributed by atoms with Gasteiger partial charge in [0.2, 0.25) is 0 Å². The molecule has 1 unspecified atom stereocenters. The lowest BCUT2D eigenvalue weighted by molar-refractivity contribution is -0.143. The lowest BCUT2D eigenvalue weighted by Gasteiger charge is -2.15. The Labute approximate surface area is 108 Å². The molecular formula is C11H16F3N3O2. The minimum absolute atomic E-state index is 0.197. The molecule has 0 radical (unpaired) electrons. The third-order valence-corrected chi connectivity index (χ3v) is 2.54. The zero-order valence-electron chi connectivity index (χ0n) is 10.7. The van der Waals surface area contributed by atoms with E-state index in [9.17, 15) is 18.0 Å². The second kappa shape index (κ2) is 6.55. The summed E-state index contributed by atoms with van der Waals surface area (Å²) in [4.78, 5) is 11.4. The van der Waals surface area contributed by atoms with Gasteiger partial charge in [-0.1, -0.05) is 6.92 Å². The lowest BCUT2D eigenvalue weighted by Crippen LogP contribution is -2.38. The standard InChI is InChI=1S/C11H16F3N3O2/c1-3-15-9(10(18)19-2)4-5-17-7-8(6-16-17)11(12,13)14/h6-7,9,15H,3-5H2,1-2H3. The van der Waals surface area contributed by atoms with Gasteiger partial charge in [0.25, 0.3) is 0 Å². The Hall–Kier alpha value is -1.57. The molecule has 0 saturated carbocycles. The first kappa shape index (κ1) is 15.5. The van der Waals surface area contributed by atoms with Crippen LogP contribution in [-0.2, 0) is 22.3 Å². The van der Waals surface area contributed by atoms with Gasteiger partial charge in [-0.25, -0.2) is 0 Å². The largest absolute Gasteiger partial charge is 0.468 e. The minimum atomic E-state index is -4.40. The van der Waals surface area contributed by atoms with Gasteiger partial charge < -0.3 is 10.1 Å². The van der Waals surface area contributed by atoms with Crippen LogP contribution in [0.5, 0.6) is 0 Å². The van der Waals surface area contributed by atoms with Crippen molar-refractivity contribution in [2.45, 2.75) is 32.1 Å². The molecule has 1 atom stereocenters. The molecule has 0 aliphatic rings. The number of ether oxygens (including phenoxy) is 1. The zero-order chi connectivity index (χ0) is 14.5. The molecule has 19 heavy (non-hydrogen) atoms. The molecule has 1 aromatic rings. The molecule has 5 nitrogen and oxygen atoms in total. The third kappa shape index (κ3) is 4.55. The smallest absolute Gasteiger partial charge is 0.419 e. The zero-order valence-corrected chi connectivity index (χ0v) is 10.7. The summed E-state index contributed by atoms with van der Waals surface area (Å²) in [7, 11) is 1.27. The van der Waals surface area contributed by atoms with E-state index >= 15 is 0 Å². The second-order valence-corrected chi connectivity index (χ2v) is 3.91. The van der Waals surface area contributed by atoms with Crippen LogP contribution in [0, 0.1) is 0 Å². The normalized spacial score (nSPS) is 13.3. The van der Waals surface area contributed by atoms with Crippen molar-refractivity contribution in [1.82, 2.24) is 15.1 Å². The van der Waals surface area contributed by atoms with Gasteiger partial charge in [-0.05, 0) is 13.0 Å². The number of likely N-dealkylation sites (N-methyl/N-ethyl adjacent to an activating group) is 1. The number of hydrogen-bond donors (Lipinski definition) is 1. The predicted molar refractivity (Wildman–Crippen MR) is 61.3 cm³/mol. The SMILES string of the molecule is CCNC(CCn1cc(C(F)(F)F)cn1)C(=O)OC. The van der Waals surface area contributed by atoms with Crippen LogP contribution in [0.2, 0.25) is 0 Å². The maximum atomic E-state index is 12.4. The Balaban J connectivity index is 2.59. The fourth-order valence-electron chi connectivity index (χ4n) is 1.59. The van der Waals surface area contributed by atoms with E-state index in [2.05, 4.69) is 15.2 Å². The highest BCUT2D eigenvalue weighted by molar-refractivity contribution is 5.75. The molecule has 1 aromatic heterocycles. The molecule has 0 amide bonds. The minimum Gasteiger partial charge on any atom is -0.468 e. The van der Waals surface area contributed by atoms with E-state index in [0.29, 0.717) is 13.0 Å². The van der Waals surface area contributed by atoms with Gasteiger partial charge in [0.15, 0.2) is 0 Å². The number of carbonyl (C=O) groups is 1. The number of carbonyl (C=O) groups excluding carboxylic acids is 1. The number of esters is 1. The average molecular weight is 279 g/mol. The van der Waals surface area contributed by atoms with E-state index in [1.807, 2.05) is 6.92 Å². The predicted octanol–water partition coefficient (Wildman–Crippen LogP) is 1.44. The van der Waals surface area contributed by atoms with Gasteiger partial charge in [-0.15, -0.1) is 0 Å². The Kier molecular flexibility index (Phi) is 5.34. The molecule has 1 heterocycles. The van der Waals surface area contributed by atoms with Gasteiger partial charge in [0.05, 0.1) is 18.9 Å². The van der Waals surface area contributed by atoms with E-state index < -0.39 is 23.8 Å². The number of halogens is 3. The fourth-order valence-corrected chi connectivity index (χ4v) is 1.59. The van der Waals surface area contributed by atoms with Crippen LogP contribution >= 0.6 is 0 Å². The monoisotopic (exact) mass is 279 g/mol. The van der Waals surface area contributed by atoms with Crippen molar-refractivity contribution in [3.05, 3.63) is 18.0 Å². The fraction of sp³-hybridized carbons (Fsp3) is 0.636. The second-order valence-electron chi connectivity index (χ2n) is 3.91. The summed E-state index contributed by atoms with van der Waals surface area (Å²) in [5.74, 6) is -0.440. The summed E-state index contributed by atoms with van der Waals surface area (Å²) in [5.41, 5.74) is -0.800. The average Bonchev–Trinajstić information content (AvgIpc) is 2.82. The summed E-state index contributed by atoms with van der Waals surface area (Å²) >= 11 is 0. The summed E-state index contributed by atoms with van der Waals surface area (Å²) in [6.45, 7) is 2.58. The summed E-state index contributed by atoms with van der Waals surface area (Å²) < 4.78 is 42.9. The van der Waals surface area contributed by atoms with Crippen LogP contribution < -0.4 is 5.32 Å². The maximum absolute atomic E-state index is 12.4. The summed E-state index contributed by atoms with van der Waals surface area (Å²) in [6, 6.07) is -0.548. The molecule has 8 heteroatoms. The molecule has 0 aromatic carbocycles. The molecule has 0 bridgehead atoms. The highest BCUT2D eigenvalue weighted by Gasteiger charge is 2.32. The summed E-state index contributed by atoms with van der Waals surface area (Å²) in [6.07, 6.45) is -2.41. The Morgan fingerprint density at radius 2 is 2.26 bits per heavy atom. The van der Waals surface area contributed by atoms with Crippen LogP contribution in [0.25, 0.3) is 0 Å². The Morgan fingerprint density at radius 3 is 2.74 bits per heavy atom. The molecule has 0 spiro atoms. The van der Waals surface area contributed by atoms with Gasteiger partial charge >= 0.3 is 12.1 Å². The van der Waals surface area contributed by atoms with Crippen LogP contribution in [0.15, 0.2) is 12.4 Å². The van der Waals surface area contributed by atoms with Crippen molar-refractivity contribution in [2.24, 2.45) is 0 Å². The highest BCUT2D eigenvalue weighted by Crippen LogP contribution is 2.28. The van der Waals surface area contributed by atoms with E-state index in [4.69, 9.17) is 0 Å². The molecular weight excluding hydrogens is 263 g/mol. The van der Waals surface area contributed by atoms with Gasteiger partial charge in [0, 0.05) is 12.7 Å². The van der Waals surface area contributed by atoms with Gasteiger partial charge in [0.1, 0.15) is 6.04 Å². The van der Waals surface area contributed by atoms with Crippen LogP contribution in [0.3, 0.4) is 0 Å². The molecule has 1 N–H and O–H groups in total. The number of aromatic nitrogens is 2. The molecule has 0 saturated heterocycles. The number of nitrogens with zero attached hydrogens (tertiary/aromatic N) is 2. The van der Waals surface area contributed by atoms with Crippen LogP contribution in [0.4, 0.5) is 13.2 Å². The third-order valence-electron chi connectivity index (χ3n) is 2.54. The van der Waals surface area contributed by atoms with Crippen molar-refractivity contribution in [2.75, 3.05) is 13.7 Å². The van der Waals surface area contributed by atoms with Gasteiger partial charge in [-0.3, -0.25) is 9.48 Å². The first-order chi connectivity index (χ1) is 8.88. The molecule has 1 rings (SSSR count). The maximum Gasteiger partial charge on any atom is 0.419 e. The quantitative estimate of drug-likeness (QED) is 0.801. The number of aryl methyl sites for hydroxylation is 1. The first-order valence-electron chi connectivity index (χ1n) is 5.79. The molecule has 108 valence electrons. The van der Waals surface area contributed by atoms with Crippen molar-refractivity contribution in [3.8, 4) is 0 Å². The van der Waals surface area contributed by atoms with Crippen molar-refractivity contribution < 1.29 is 22.7 Å². The Bertz CT molecular complexity index is 418.